The zero-order valence-corrected chi connectivity index (χ0v) is 19.4. The van der Waals surface area contributed by atoms with Crippen molar-refractivity contribution >= 4 is 55.3 Å². The zero-order chi connectivity index (χ0) is 21.6. The fraction of sp³-hybridized carbons (Fsp3) is 0.0455. The summed E-state index contributed by atoms with van der Waals surface area (Å²) >= 11 is 8.19. The number of thiazole rings is 1. The van der Waals surface area contributed by atoms with Crippen LogP contribution in [-0.2, 0) is 10.0 Å². The topological polar surface area (TPSA) is 64.6 Å². The third kappa shape index (κ3) is 3.65. The number of rotatable bonds is 4. The molecule has 0 radical (unpaired) electrons. The maximum atomic E-state index is 12.9. The second-order valence-electron chi connectivity index (χ2n) is 6.73. The molecule has 0 spiro atoms. The summed E-state index contributed by atoms with van der Waals surface area (Å²) in [6, 6.07) is 20.4. The Bertz CT molecular complexity index is 1580. The number of aromatic nitrogens is 1. The Hall–Kier alpha value is -2.65. The van der Waals surface area contributed by atoms with Crippen LogP contribution in [0.4, 0.5) is 0 Å². The Morgan fingerprint density at radius 1 is 1.00 bits per heavy atom. The number of benzene rings is 2. The van der Waals surface area contributed by atoms with Gasteiger partial charge in [-0.05, 0) is 37.3 Å². The molecule has 5 nitrogen and oxygen atoms in total. The van der Waals surface area contributed by atoms with E-state index in [-0.39, 0.29) is 4.21 Å². The Morgan fingerprint density at radius 2 is 1.74 bits per heavy atom. The first-order valence-electron chi connectivity index (χ1n) is 9.25. The minimum atomic E-state index is -3.91. The third-order valence-electron chi connectivity index (χ3n) is 4.75. The van der Waals surface area contributed by atoms with Crippen molar-refractivity contribution < 1.29 is 12.8 Å². The molecule has 3 aromatic heterocycles. The Labute approximate surface area is 191 Å². The molecule has 0 aliphatic heterocycles. The van der Waals surface area contributed by atoms with E-state index in [4.69, 9.17) is 16.0 Å². The smallest absolute Gasteiger partial charge is 0.294 e. The highest BCUT2D eigenvalue weighted by Crippen LogP contribution is 2.36. The van der Waals surface area contributed by atoms with Gasteiger partial charge in [-0.2, -0.15) is 8.42 Å². The molecule has 5 rings (SSSR count). The van der Waals surface area contributed by atoms with Gasteiger partial charge in [0.05, 0.1) is 10.0 Å². The van der Waals surface area contributed by atoms with E-state index < -0.39 is 10.0 Å². The number of fused-ring (bicyclic) bond motifs is 1. The maximum absolute atomic E-state index is 12.9. The lowest BCUT2D eigenvalue weighted by Gasteiger charge is -2.09. The number of para-hydroxylation sites is 2. The lowest BCUT2D eigenvalue weighted by Crippen LogP contribution is -2.16. The van der Waals surface area contributed by atoms with E-state index in [0.717, 1.165) is 45.0 Å². The van der Waals surface area contributed by atoms with E-state index in [0.29, 0.717) is 9.14 Å². The quantitative estimate of drug-likeness (QED) is 0.301. The van der Waals surface area contributed by atoms with Crippen molar-refractivity contribution in [2.75, 3.05) is 0 Å². The Morgan fingerprint density at radius 3 is 2.48 bits per heavy atom. The van der Waals surface area contributed by atoms with Gasteiger partial charge in [-0.15, -0.1) is 27.1 Å². The molecule has 0 saturated carbocycles. The van der Waals surface area contributed by atoms with Crippen LogP contribution in [0.3, 0.4) is 0 Å². The molecule has 0 fully saturated rings. The summed E-state index contributed by atoms with van der Waals surface area (Å²) < 4.78 is 38.3. The highest BCUT2D eigenvalue weighted by Gasteiger charge is 2.21. The number of nitrogens with zero attached hydrogens (tertiary/aromatic N) is 2. The average molecular weight is 487 g/mol. The first kappa shape index (κ1) is 20.3. The molecule has 0 saturated heterocycles. The lowest BCUT2D eigenvalue weighted by molar-refractivity contribution is 0.579. The highest BCUT2D eigenvalue weighted by atomic mass is 35.5. The maximum Gasteiger partial charge on any atom is 0.294 e. The monoisotopic (exact) mass is 486 g/mol. The third-order valence-corrected chi connectivity index (χ3v) is 8.66. The molecular formula is C22H15ClN2O3S3. The predicted octanol–water partition coefficient (Wildman–Crippen LogP) is 6.26. The van der Waals surface area contributed by atoms with Gasteiger partial charge in [-0.25, -0.2) is 0 Å². The van der Waals surface area contributed by atoms with Crippen LogP contribution in [0.5, 0.6) is 0 Å². The van der Waals surface area contributed by atoms with Crippen molar-refractivity contribution in [3.63, 3.8) is 0 Å². The van der Waals surface area contributed by atoms with E-state index in [1.807, 2.05) is 71.5 Å². The lowest BCUT2D eigenvalue weighted by atomic mass is 10.1. The molecule has 9 heteroatoms. The van der Waals surface area contributed by atoms with Gasteiger partial charge in [-0.3, -0.25) is 4.57 Å². The Balaban J connectivity index is 1.81. The van der Waals surface area contributed by atoms with Crippen LogP contribution < -0.4 is 4.80 Å². The summed E-state index contributed by atoms with van der Waals surface area (Å²) in [5, 5.41) is 2.87. The number of aryl methyl sites for hydroxylation is 1. The molecule has 31 heavy (non-hydrogen) atoms. The molecule has 0 amide bonds. The van der Waals surface area contributed by atoms with Gasteiger partial charge in [0.15, 0.2) is 0 Å². The molecule has 156 valence electrons. The molecule has 0 unspecified atom stereocenters. The van der Waals surface area contributed by atoms with Gasteiger partial charge in [0.1, 0.15) is 15.6 Å². The standard InChI is InChI=1S/C22H15ClN2O3S3/c1-14-21(16-9-5-6-10-18(16)28-14)17-13-29-22(25(17)15-7-3-2-4-8-15)24-31(26,27)20-12-11-19(23)30-20/h2-13H,1H3/b24-22-. The molecule has 0 atom stereocenters. The van der Waals surface area contributed by atoms with Crippen LogP contribution in [0.2, 0.25) is 4.34 Å². The summed E-state index contributed by atoms with van der Waals surface area (Å²) in [4.78, 5) is 0.343. The summed E-state index contributed by atoms with van der Waals surface area (Å²) in [7, 11) is -3.91. The van der Waals surface area contributed by atoms with Gasteiger partial charge < -0.3 is 4.42 Å². The first-order chi connectivity index (χ1) is 14.9. The van der Waals surface area contributed by atoms with Gasteiger partial charge >= 0.3 is 0 Å². The number of furan rings is 1. The van der Waals surface area contributed by atoms with Crippen LogP contribution in [0.25, 0.3) is 27.9 Å². The summed E-state index contributed by atoms with van der Waals surface area (Å²) in [6.45, 7) is 1.91. The average Bonchev–Trinajstić information content (AvgIpc) is 3.45. The number of hydrogen-bond acceptors (Lipinski definition) is 5. The predicted molar refractivity (Wildman–Crippen MR) is 126 cm³/mol. The van der Waals surface area contributed by atoms with Crippen molar-refractivity contribution in [2.24, 2.45) is 4.40 Å². The molecule has 0 N–H and O–H groups in total. The van der Waals surface area contributed by atoms with Crippen molar-refractivity contribution in [3.05, 3.63) is 87.0 Å². The van der Waals surface area contributed by atoms with E-state index in [1.165, 1.54) is 17.4 Å². The van der Waals surface area contributed by atoms with E-state index >= 15 is 0 Å². The van der Waals surface area contributed by atoms with Gasteiger partial charge in [0.25, 0.3) is 10.0 Å². The normalized spacial score (nSPS) is 12.6. The minimum Gasteiger partial charge on any atom is -0.461 e. The number of sulfonamides is 1. The summed E-state index contributed by atoms with van der Waals surface area (Å²) in [6.07, 6.45) is 0. The van der Waals surface area contributed by atoms with E-state index in [2.05, 4.69) is 4.40 Å². The minimum absolute atomic E-state index is 0.108. The molecule has 2 aromatic carbocycles. The highest BCUT2D eigenvalue weighted by molar-refractivity contribution is 7.92. The molecule has 0 aliphatic carbocycles. The second-order valence-corrected chi connectivity index (χ2v) is 11.1. The van der Waals surface area contributed by atoms with Crippen molar-refractivity contribution in [3.8, 4) is 16.9 Å². The number of thiophene rings is 1. The molecule has 0 aliphatic rings. The molecular weight excluding hydrogens is 472 g/mol. The Kier molecular flexibility index (Phi) is 5.10. The molecule has 5 aromatic rings. The van der Waals surface area contributed by atoms with Gasteiger partial charge in [-0.1, -0.05) is 48.0 Å². The van der Waals surface area contributed by atoms with Crippen molar-refractivity contribution in [1.82, 2.24) is 4.57 Å². The van der Waals surface area contributed by atoms with Crippen LogP contribution in [0.15, 0.2) is 85.1 Å². The van der Waals surface area contributed by atoms with Crippen molar-refractivity contribution in [1.29, 1.82) is 0 Å². The SMILES string of the molecule is Cc1oc2ccccc2c1-c1cs/c(=N\S(=O)(=O)c2ccc(Cl)s2)n1-c1ccccc1. The molecule has 3 heterocycles. The zero-order valence-electron chi connectivity index (χ0n) is 16.2. The fourth-order valence-electron chi connectivity index (χ4n) is 3.45. The van der Waals surface area contributed by atoms with Crippen LogP contribution in [-0.4, -0.2) is 13.0 Å². The summed E-state index contributed by atoms with van der Waals surface area (Å²) in [5.74, 6) is 0.753. The van der Waals surface area contributed by atoms with Gasteiger partial charge in [0, 0.05) is 22.0 Å². The van der Waals surface area contributed by atoms with Gasteiger partial charge in [0.2, 0.25) is 4.80 Å². The number of hydrogen-bond donors (Lipinski definition) is 0. The van der Waals surface area contributed by atoms with E-state index in [1.54, 1.807) is 6.07 Å². The largest absolute Gasteiger partial charge is 0.461 e. The molecule has 0 bridgehead atoms. The first-order valence-corrected chi connectivity index (χ1v) is 12.8. The number of halogens is 1. The van der Waals surface area contributed by atoms with Crippen LogP contribution >= 0.6 is 34.3 Å². The summed E-state index contributed by atoms with van der Waals surface area (Å²) in [5.41, 5.74) is 3.31. The van der Waals surface area contributed by atoms with E-state index in [9.17, 15) is 8.42 Å². The second kappa shape index (κ2) is 7.80. The van der Waals surface area contributed by atoms with Crippen LogP contribution in [0.1, 0.15) is 5.76 Å². The van der Waals surface area contributed by atoms with Crippen LogP contribution in [0, 0.1) is 6.92 Å². The fourth-order valence-corrected chi connectivity index (χ4v) is 7.00. The van der Waals surface area contributed by atoms with Crippen molar-refractivity contribution in [2.45, 2.75) is 11.1 Å².